The van der Waals surface area contributed by atoms with Crippen molar-refractivity contribution < 1.29 is 29.0 Å². The largest absolute Gasteiger partial charge is 0.450 e. The molecule has 0 bridgehead atoms. The molecule has 1 aliphatic heterocycles. The van der Waals surface area contributed by atoms with Crippen LogP contribution in [0.3, 0.4) is 0 Å². The van der Waals surface area contributed by atoms with Gasteiger partial charge in [-0.15, -0.1) is 0 Å². The minimum absolute atomic E-state index is 0.0105. The highest BCUT2D eigenvalue weighted by molar-refractivity contribution is 5.67. The average molecular weight is 485 g/mol. The first-order valence-electron chi connectivity index (χ1n) is 12.1. The van der Waals surface area contributed by atoms with E-state index < -0.39 is 23.8 Å². The summed E-state index contributed by atoms with van der Waals surface area (Å²) in [4.78, 5) is 24.3. The maximum absolute atomic E-state index is 12.5. The molecule has 2 amide bonds. The van der Waals surface area contributed by atoms with Crippen molar-refractivity contribution in [3.8, 4) is 0 Å². The van der Waals surface area contributed by atoms with Crippen LogP contribution in [0.1, 0.15) is 51.2 Å². The van der Waals surface area contributed by atoms with Crippen molar-refractivity contribution in [3.05, 3.63) is 71.8 Å². The van der Waals surface area contributed by atoms with Gasteiger partial charge in [0.25, 0.3) is 0 Å². The van der Waals surface area contributed by atoms with Gasteiger partial charge in [-0.3, -0.25) is 5.21 Å². The Morgan fingerprint density at radius 1 is 1.03 bits per heavy atom. The quantitative estimate of drug-likeness (QED) is 0.199. The summed E-state index contributed by atoms with van der Waals surface area (Å²) in [5.41, 5.74) is 1.31. The zero-order valence-electron chi connectivity index (χ0n) is 20.7. The van der Waals surface area contributed by atoms with Crippen LogP contribution in [0.25, 0.3) is 0 Å². The highest BCUT2D eigenvalue weighted by Gasteiger charge is 2.42. The average Bonchev–Trinajstić information content (AvgIpc) is 3.57. The maximum atomic E-state index is 12.5. The van der Waals surface area contributed by atoms with Crippen LogP contribution in [0, 0.1) is 0 Å². The summed E-state index contributed by atoms with van der Waals surface area (Å²) in [7, 11) is 0. The lowest BCUT2D eigenvalue weighted by Crippen LogP contribution is -2.43. The lowest BCUT2D eigenvalue weighted by molar-refractivity contribution is -0.122. The molecule has 3 atom stereocenters. The van der Waals surface area contributed by atoms with Crippen molar-refractivity contribution in [1.82, 2.24) is 10.4 Å². The molecule has 0 saturated carbocycles. The lowest BCUT2D eigenvalue weighted by atomic mass is 9.99. The predicted molar refractivity (Wildman–Crippen MR) is 131 cm³/mol. The van der Waals surface area contributed by atoms with E-state index in [1.165, 1.54) is 0 Å². The fourth-order valence-corrected chi connectivity index (χ4v) is 3.79. The van der Waals surface area contributed by atoms with Gasteiger partial charge in [0, 0.05) is 6.54 Å². The second-order valence-corrected chi connectivity index (χ2v) is 9.73. The summed E-state index contributed by atoms with van der Waals surface area (Å²) in [6.45, 7) is 6.00. The Morgan fingerprint density at radius 3 is 2.29 bits per heavy atom. The summed E-state index contributed by atoms with van der Waals surface area (Å²) in [5.74, 6) is 0. The Labute approximate surface area is 207 Å². The van der Waals surface area contributed by atoms with Crippen LogP contribution in [0.4, 0.5) is 9.59 Å². The van der Waals surface area contributed by atoms with Crippen LogP contribution in [-0.2, 0) is 27.2 Å². The van der Waals surface area contributed by atoms with Gasteiger partial charge in [-0.2, -0.15) is 5.06 Å². The third-order valence-corrected chi connectivity index (χ3v) is 5.58. The number of rotatable bonds is 11. The first-order valence-corrected chi connectivity index (χ1v) is 12.1. The van der Waals surface area contributed by atoms with E-state index in [1.807, 2.05) is 60.7 Å². The SMILES string of the molecule is CC(C)(C)OC(=O)N(O)[C@H](Cc1ccccc1)C[C@H]1O[C@@H]1CCCOC(=O)NCc1ccccc1. The van der Waals surface area contributed by atoms with Crippen LogP contribution >= 0.6 is 0 Å². The number of epoxide rings is 1. The van der Waals surface area contributed by atoms with Crippen LogP contribution in [0.15, 0.2) is 60.7 Å². The van der Waals surface area contributed by atoms with Gasteiger partial charge in [-0.1, -0.05) is 60.7 Å². The van der Waals surface area contributed by atoms with E-state index >= 15 is 0 Å². The number of hydrogen-bond acceptors (Lipinski definition) is 6. The first kappa shape index (κ1) is 26.5. The third-order valence-electron chi connectivity index (χ3n) is 5.58. The fraction of sp³-hybridized carbons (Fsp3) is 0.481. The number of benzene rings is 2. The Balaban J connectivity index is 1.41. The van der Waals surface area contributed by atoms with Crippen molar-refractivity contribution in [2.75, 3.05) is 6.61 Å². The number of hydrogen-bond donors (Lipinski definition) is 2. The standard InChI is InChI=1S/C27H36N2O6/c1-27(2,3)35-26(31)29(32)22(17-20-11-6-4-7-12-20)18-24-23(34-24)15-10-16-33-25(30)28-19-21-13-8-5-9-14-21/h4-9,11-14,22-24,32H,10,15-19H2,1-3H3,(H,28,30)/t22-,23-,24-/m1/s1. The van der Waals surface area contributed by atoms with Gasteiger partial charge in [-0.25, -0.2) is 9.59 Å². The van der Waals surface area contributed by atoms with E-state index in [0.29, 0.717) is 37.5 Å². The minimum Gasteiger partial charge on any atom is -0.450 e. The molecule has 3 rings (SSSR count). The van der Waals surface area contributed by atoms with Gasteiger partial charge in [0.05, 0.1) is 24.9 Å². The Kier molecular flexibility index (Phi) is 9.51. The molecule has 190 valence electrons. The van der Waals surface area contributed by atoms with Crippen molar-refractivity contribution in [2.45, 2.75) is 76.9 Å². The Hall–Kier alpha value is -3.10. The number of alkyl carbamates (subject to hydrolysis) is 1. The molecule has 1 fully saturated rings. The highest BCUT2D eigenvalue weighted by Crippen LogP contribution is 2.32. The molecule has 0 aromatic heterocycles. The number of amides is 2. The van der Waals surface area contributed by atoms with Crippen LogP contribution in [-0.4, -0.2) is 52.9 Å². The third kappa shape index (κ3) is 9.58. The monoisotopic (exact) mass is 484 g/mol. The van der Waals surface area contributed by atoms with Crippen LogP contribution in [0.2, 0.25) is 0 Å². The molecule has 1 aliphatic rings. The summed E-state index contributed by atoms with van der Waals surface area (Å²) < 4.78 is 16.4. The van der Waals surface area contributed by atoms with Gasteiger partial charge >= 0.3 is 12.2 Å². The second kappa shape index (κ2) is 12.6. The number of carbonyl (C=O) groups excluding carboxylic acids is 2. The van der Waals surface area contributed by atoms with Crippen molar-refractivity contribution in [2.24, 2.45) is 0 Å². The van der Waals surface area contributed by atoms with Crippen molar-refractivity contribution in [1.29, 1.82) is 0 Å². The molecule has 2 aromatic rings. The molecule has 0 unspecified atom stereocenters. The zero-order valence-corrected chi connectivity index (χ0v) is 20.7. The number of nitrogens with one attached hydrogen (secondary N) is 1. The summed E-state index contributed by atoms with van der Waals surface area (Å²) >= 11 is 0. The smallest absolute Gasteiger partial charge is 0.434 e. The molecule has 2 aromatic carbocycles. The van der Waals surface area contributed by atoms with E-state index in [-0.39, 0.29) is 12.2 Å². The molecular weight excluding hydrogens is 448 g/mol. The van der Waals surface area contributed by atoms with Gasteiger partial charge in [0.1, 0.15) is 5.60 Å². The van der Waals surface area contributed by atoms with Crippen molar-refractivity contribution in [3.63, 3.8) is 0 Å². The summed E-state index contributed by atoms with van der Waals surface area (Å²) in [6.07, 6.45) is 1.07. The molecule has 0 spiro atoms. The molecule has 8 heteroatoms. The molecule has 35 heavy (non-hydrogen) atoms. The van der Waals surface area contributed by atoms with Gasteiger partial charge in [0.2, 0.25) is 0 Å². The number of carbonyl (C=O) groups is 2. The van der Waals surface area contributed by atoms with E-state index in [1.54, 1.807) is 20.8 Å². The van der Waals surface area contributed by atoms with Crippen LogP contribution < -0.4 is 5.32 Å². The lowest BCUT2D eigenvalue weighted by Gasteiger charge is -2.28. The van der Waals surface area contributed by atoms with E-state index in [2.05, 4.69) is 5.32 Å². The second-order valence-electron chi connectivity index (χ2n) is 9.73. The number of hydroxylamine groups is 2. The van der Waals surface area contributed by atoms with E-state index in [9.17, 15) is 14.8 Å². The number of nitrogens with zero attached hydrogens (tertiary/aromatic N) is 1. The minimum atomic E-state index is -0.773. The summed E-state index contributed by atoms with van der Waals surface area (Å²) in [6, 6.07) is 18.8. The van der Waals surface area contributed by atoms with Crippen molar-refractivity contribution >= 4 is 12.2 Å². The van der Waals surface area contributed by atoms with E-state index in [0.717, 1.165) is 17.5 Å². The maximum Gasteiger partial charge on any atom is 0.434 e. The molecule has 8 nitrogen and oxygen atoms in total. The zero-order chi connectivity index (χ0) is 25.3. The Bertz CT molecular complexity index is 932. The topological polar surface area (TPSA) is 101 Å². The van der Waals surface area contributed by atoms with E-state index in [4.69, 9.17) is 14.2 Å². The molecule has 0 radical (unpaired) electrons. The predicted octanol–water partition coefficient (Wildman–Crippen LogP) is 5.09. The molecule has 1 saturated heterocycles. The summed E-state index contributed by atoms with van der Waals surface area (Å²) in [5, 5.41) is 14.0. The van der Waals surface area contributed by atoms with Gasteiger partial charge in [0.15, 0.2) is 0 Å². The molecule has 1 heterocycles. The van der Waals surface area contributed by atoms with Gasteiger partial charge in [-0.05, 0) is 57.6 Å². The molecule has 0 aliphatic carbocycles. The first-order chi connectivity index (χ1) is 16.7. The fourth-order valence-electron chi connectivity index (χ4n) is 3.79. The highest BCUT2D eigenvalue weighted by atomic mass is 16.6. The normalized spacial score (nSPS) is 17.8. The van der Waals surface area contributed by atoms with Crippen LogP contribution in [0.5, 0.6) is 0 Å². The van der Waals surface area contributed by atoms with Gasteiger partial charge < -0.3 is 19.5 Å². The number of ether oxygens (including phenoxy) is 3. The molecule has 2 N–H and O–H groups in total. The molecular formula is C27H36N2O6. The Morgan fingerprint density at radius 2 is 1.66 bits per heavy atom.